The fourth-order valence-electron chi connectivity index (χ4n) is 2.29. The molecule has 22 heavy (non-hydrogen) atoms. The minimum absolute atomic E-state index is 0.0484. The molecule has 6 nitrogen and oxygen atoms in total. The predicted molar refractivity (Wildman–Crippen MR) is 89.0 cm³/mol. The van der Waals surface area contributed by atoms with E-state index < -0.39 is 0 Å². The van der Waals surface area contributed by atoms with E-state index in [0.717, 1.165) is 35.2 Å². The van der Waals surface area contributed by atoms with Crippen molar-refractivity contribution >= 4 is 34.4 Å². The Morgan fingerprint density at radius 2 is 2.45 bits per heavy atom. The van der Waals surface area contributed by atoms with Crippen LogP contribution >= 0.6 is 28.1 Å². The summed E-state index contributed by atoms with van der Waals surface area (Å²) in [5.41, 5.74) is 0.925. The number of halogens is 1. The van der Waals surface area contributed by atoms with E-state index in [2.05, 4.69) is 31.2 Å². The van der Waals surface area contributed by atoms with Gasteiger partial charge in [-0.1, -0.05) is 0 Å². The van der Waals surface area contributed by atoms with E-state index in [9.17, 15) is 0 Å². The number of aromatic nitrogens is 3. The Morgan fingerprint density at radius 1 is 1.59 bits per heavy atom. The summed E-state index contributed by atoms with van der Waals surface area (Å²) in [6.45, 7) is 0.749. The molecule has 1 aromatic heterocycles. The van der Waals surface area contributed by atoms with Crippen molar-refractivity contribution in [2.45, 2.75) is 18.9 Å². The van der Waals surface area contributed by atoms with Gasteiger partial charge in [0.2, 0.25) is 4.77 Å². The fraction of sp³-hybridized carbons (Fsp3) is 0.357. The molecule has 2 aromatic rings. The Balaban J connectivity index is 1.88. The Kier molecular flexibility index (Phi) is 4.70. The monoisotopic (exact) mass is 382 g/mol. The van der Waals surface area contributed by atoms with Gasteiger partial charge in [-0.15, -0.1) is 0 Å². The number of rotatable bonds is 4. The number of nitrogens with one attached hydrogen (secondary N) is 1. The largest absolute Gasteiger partial charge is 0.496 e. The maximum absolute atomic E-state index is 5.65. The van der Waals surface area contributed by atoms with Crippen molar-refractivity contribution in [3.05, 3.63) is 38.8 Å². The lowest BCUT2D eigenvalue weighted by atomic mass is 10.2. The normalized spacial score (nSPS) is 18.2. The standard InChI is InChI=1S/C14H15BrN4O2S/c1-20-11-5-4-9(7-10(11)15)8-16-19-13(17-18-14(19)22)12-3-2-6-21-12/h4-5,7-8,12H,2-3,6H2,1H3,(H,18,22)/b16-8-/t12-/m1/s1. The van der Waals surface area contributed by atoms with Gasteiger partial charge in [-0.05, 0) is 64.8 Å². The zero-order valence-electron chi connectivity index (χ0n) is 12.0. The van der Waals surface area contributed by atoms with Crippen molar-refractivity contribution in [1.82, 2.24) is 14.9 Å². The van der Waals surface area contributed by atoms with Crippen molar-refractivity contribution in [2.75, 3.05) is 13.7 Å². The van der Waals surface area contributed by atoms with Crippen molar-refractivity contribution in [3.8, 4) is 5.75 Å². The number of aromatic amines is 1. The third-order valence-electron chi connectivity index (χ3n) is 3.39. The summed E-state index contributed by atoms with van der Waals surface area (Å²) in [5.74, 6) is 1.49. The van der Waals surface area contributed by atoms with Crippen LogP contribution in [0.5, 0.6) is 5.75 Å². The summed E-state index contributed by atoms with van der Waals surface area (Å²) in [4.78, 5) is 0. The van der Waals surface area contributed by atoms with Crippen LogP contribution in [0.1, 0.15) is 30.3 Å². The van der Waals surface area contributed by atoms with Crippen molar-refractivity contribution in [1.29, 1.82) is 0 Å². The molecule has 1 fully saturated rings. The highest BCUT2D eigenvalue weighted by Gasteiger charge is 2.23. The minimum atomic E-state index is -0.0484. The second-order valence-corrected chi connectivity index (χ2v) is 6.08. The Morgan fingerprint density at radius 3 is 3.14 bits per heavy atom. The third-order valence-corrected chi connectivity index (χ3v) is 4.28. The van der Waals surface area contributed by atoms with Crippen molar-refractivity contribution in [2.24, 2.45) is 5.10 Å². The van der Waals surface area contributed by atoms with E-state index in [4.69, 9.17) is 21.7 Å². The Labute approximate surface area is 141 Å². The molecule has 0 spiro atoms. The average Bonchev–Trinajstić information content (AvgIpc) is 3.15. The van der Waals surface area contributed by atoms with Gasteiger partial charge in [0.05, 0.1) is 17.8 Å². The molecule has 0 aliphatic carbocycles. The zero-order chi connectivity index (χ0) is 15.5. The van der Waals surface area contributed by atoms with Crippen LogP contribution in [0.2, 0.25) is 0 Å². The number of methoxy groups -OCH3 is 1. The van der Waals surface area contributed by atoms with E-state index in [1.165, 1.54) is 0 Å². The highest BCUT2D eigenvalue weighted by atomic mass is 79.9. The maximum Gasteiger partial charge on any atom is 0.216 e. The zero-order valence-corrected chi connectivity index (χ0v) is 14.4. The molecule has 0 amide bonds. The lowest BCUT2D eigenvalue weighted by Gasteiger charge is -2.07. The molecule has 1 N–H and O–H groups in total. The van der Waals surface area contributed by atoms with Crippen molar-refractivity contribution < 1.29 is 9.47 Å². The number of hydrogen-bond donors (Lipinski definition) is 1. The average molecular weight is 383 g/mol. The molecule has 0 unspecified atom stereocenters. The van der Waals surface area contributed by atoms with E-state index in [0.29, 0.717) is 10.6 Å². The van der Waals surface area contributed by atoms with Gasteiger partial charge in [0, 0.05) is 6.61 Å². The molecule has 116 valence electrons. The molecule has 1 saturated heterocycles. The Bertz CT molecular complexity index is 750. The summed E-state index contributed by atoms with van der Waals surface area (Å²) >= 11 is 8.69. The fourth-order valence-corrected chi connectivity index (χ4v) is 3.04. The first kappa shape index (κ1) is 15.4. The highest BCUT2D eigenvalue weighted by Crippen LogP contribution is 2.27. The van der Waals surface area contributed by atoms with Crippen LogP contribution in [0.15, 0.2) is 27.8 Å². The van der Waals surface area contributed by atoms with Gasteiger partial charge in [-0.3, -0.25) is 5.10 Å². The van der Waals surface area contributed by atoms with Crippen LogP contribution in [0.4, 0.5) is 0 Å². The molecule has 0 radical (unpaired) electrons. The van der Waals surface area contributed by atoms with Crippen LogP contribution in [-0.2, 0) is 4.74 Å². The molecule has 3 rings (SSSR count). The van der Waals surface area contributed by atoms with Gasteiger partial charge in [-0.25, -0.2) is 0 Å². The van der Waals surface area contributed by atoms with E-state index >= 15 is 0 Å². The second kappa shape index (κ2) is 6.72. The van der Waals surface area contributed by atoms with Gasteiger partial charge in [-0.2, -0.15) is 14.9 Å². The lowest BCUT2D eigenvalue weighted by Crippen LogP contribution is -2.05. The van der Waals surface area contributed by atoms with Gasteiger partial charge < -0.3 is 9.47 Å². The van der Waals surface area contributed by atoms with Gasteiger partial charge in [0.25, 0.3) is 0 Å². The minimum Gasteiger partial charge on any atom is -0.496 e. The molecule has 1 atom stereocenters. The van der Waals surface area contributed by atoms with Crippen LogP contribution in [-0.4, -0.2) is 34.8 Å². The molecule has 0 bridgehead atoms. The van der Waals surface area contributed by atoms with E-state index in [1.807, 2.05) is 18.2 Å². The van der Waals surface area contributed by atoms with Crippen LogP contribution < -0.4 is 4.74 Å². The first-order valence-electron chi connectivity index (χ1n) is 6.86. The van der Waals surface area contributed by atoms with E-state index in [1.54, 1.807) is 18.0 Å². The molecular formula is C14H15BrN4O2S. The Hall–Kier alpha value is -1.51. The number of nitrogens with zero attached hydrogens (tertiary/aromatic N) is 3. The molecule has 1 aromatic carbocycles. The highest BCUT2D eigenvalue weighted by molar-refractivity contribution is 9.10. The lowest BCUT2D eigenvalue weighted by molar-refractivity contribution is 0.102. The summed E-state index contributed by atoms with van der Waals surface area (Å²) in [5, 5.41) is 11.4. The quantitative estimate of drug-likeness (QED) is 0.649. The second-order valence-electron chi connectivity index (χ2n) is 4.84. The predicted octanol–water partition coefficient (Wildman–Crippen LogP) is 3.45. The molecule has 1 aliphatic rings. The molecule has 8 heteroatoms. The summed E-state index contributed by atoms with van der Waals surface area (Å²) in [6.07, 6.45) is 3.64. The maximum atomic E-state index is 5.65. The first-order chi connectivity index (χ1) is 10.7. The number of benzene rings is 1. The molecular weight excluding hydrogens is 368 g/mol. The molecule has 0 saturated carbocycles. The summed E-state index contributed by atoms with van der Waals surface area (Å²) in [6, 6.07) is 5.72. The molecule has 2 heterocycles. The van der Waals surface area contributed by atoms with E-state index in [-0.39, 0.29) is 6.10 Å². The topological polar surface area (TPSA) is 64.4 Å². The number of hydrogen-bond acceptors (Lipinski definition) is 5. The van der Waals surface area contributed by atoms with Crippen LogP contribution in [0, 0.1) is 4.77 Å². The van der Waals surface area contributed by atoms with Crippen LogP contribution in [0.3, 0.4) is 0 Å². The number of ether oxygens (including phenoxy) is 2. The van der Waals surface area contributed by atoms with Gasteiger partial charge in [0.15, 0.2) is 5.82 Å². The van der Waals surface area contributed by atoms with Crippen LogP contribution in [0.25, 0.3) is 0 Å². The molecule has 1 aliphatic heterocycles. The summed E-state index contributed by atoms with van der Waals surface area (Å²) in [7, 11) is 1.63. The van der Waals surface area contributed by atoms with Crippen molar-refractivity contribution in [3.63, 3.8) is 0 Å². The third kappa shape index (κ3) is 3.13. The SMILES string of the molecule is COc1ccc(/C=N\n2c([C@H]3CCCO3)n[nH]c2=S)cc1Br. The number of H-pyrrole nitrogens is 1. The van der Waals surface area contributed by atoms with Gasteiger partial charge >= 0.3 is 0 Å². The van der Waals surface area contributed by atoms with Gasteiger partial charge in [0.1, 0.15) is 11.9 Å². The smallest absolute Gasteiger partial charge is 0.216 e. The summed E-state index contributed by atoms with van der Waals surface area (Å²) < 4.78 is 13.8. The first-order valence-corrected chi connectivity index (χ1v) is 8.06.